The van der Waals surface area contributed by atoms with Crippen LogP contribution in [0.3, 0.4) is 0 Å². The predicted molar refractivity (Wildman–Crippen MR) is 102 cm³/mol. The molecule has 0 saturated heterocycles. The Balaban J connectivity index is 2.13. The van der Waals surface area contributed by atoms with Crippen LogP contribution in [0.25, 0.3) is 17.7 Å². The van der Waals surface area contributed by atoms with E-state index in [-0.39, 0.29) is 18.9 Å². The number of anilines is 1. The van der Waals surface area contributed by atoms with Crippen LogP contribution in [0.1, 0.15) is 23.1 Å². The molecule has 0 bridgehead atoms. The standard InChI is InChI=1S/C21H17NO5/c23-18(24)10-9-15-7-4-8-17-20(15)16(13-14-5-2-1-3-6-14)21(27)22(17)12-11-19(25)26/h1-10,13H,11-12H2,(H,23,24)(H,25,26)/b10-9+,16-13-. The van der Waals surface area contributed by atoms with Gasteiger partial charge in [0.25, 0.3) is 5.91 Å². The molecule has 1 heterocycles. The highest BCUT2D eigenvalue weighted by atomic mass is 16.4. The molecule has 3 rings (SSSR count). The maximum absolute atomic E-state index is 13.0. The number of carbonyl (C=O) groups is 3. The lowest BCUT2D eigenvalue weighted by molar-refractivity contribution is -0.136. The summed E-state index contributed by atoms with van der Waals surface area (Å²) < 4.78 is 0. The van der Waals surface area contributed by atoms with Crippen LogP contribution in [-0.2, 0) is 14.4 Å². The molecule has 0 aromatic heterocycles. The van der Waals surface area contributed by atoms with Crippen molar-refractivity contribution in [2.75, 3.05) is 11.4 Å². The number of nitrogens with zero attached hydrogens (tertiary/aromatic N) is 1. The summed E-state index contributed by atoms with van der Waals surface area (Å²) in [5, 5.41) is 17.9. The Hall–Kier alpha value is -3.67. The molecule has 0 fully saturated rings. The van der Waals surface area contributed by atoms with Gasteiger partial charge in [0.2, 0.25) is 0 Å². The van der Waals surface area contributed by atoms with Crippen LogP contribution in [0.2, 0.25) is 0 Å². The van der Waals surface area contributed by atoms with Crippen molar-refractivity contribution in [3.05, 3.63) is 71.3 Å². The van der Waals surface area contributed by atoms with Crippen molar-refractivity contribution in [1.29, 1.82) is 0 Å². The third-order valence-electron chi connectivity index (χ3n) is 4.18. The summed E-state index contributed by atoms with van der Waals surface area (Å²) in [5.41, 5.74) is 3.00. The molecule has 1 amide bonds. The molecule has 6 heteroatoms. The van der Waals surface area contributed by atoms with E-state index in [1.807, 2.05) is 30.3 Å². The van der Waals surface area contributed by atoms with Crippen LogP contribution in [0, 0.1) is 0 Å². The van der Waals surface area contributed by atoms with Crippen LogP contribution in [0.4, 0.5) is 5.69 Å². The second kappa shape index (κ2) is 7.70. The molecule has 2 aromatic rings. The Kier molecular flexibility index (Phi) is 5.17. The lowest BCUT2D eigenvalue weighted by Crippen LogP contribution is -2.28. The Labute approximate surface area is 155 Å². The minimum atomic E-state index is -1.09. The van der Waals surface area contributed by atoms with Gasteiger partial charge in [0, 0.05) is 18.2 Å². The van der Waals surface area contributed by atoms with Crippen molar-refractivity contribution >= 4 is 41.3 Å². The average Bonchev–Trinajstić information content (AvgIpc) is 2.91. The lowest BCUT2D eigenvalue weighted by atomic mass is 9.98. The first-order chi connectivity index (χ1) is 13.0. The molecule has 0 spiro atoms. The third kappa shape index (κ3) is 3.95. The second-order valence-corrected chi connectivity index (χ2v) is 5.98. The molecule has 0 radical (unpaired) electrons. The van der Waals surface area contributed by atoms with Crippen LogP contribution in [0.5, 0.6) is 0 Å². The van der Waals surface area contributed by atoms with Crippen molar-refractivity contribution in [2.24, 2.45) is 0 Å². The molecular weight excluding hydrogens is 346 g/mol. The van der Waals surface area contributed by atoms with E-state index in [4.69, 9.17) is 10.2 Å². The van der Waals surface area contributed by atoms with Gasteiger partial charge in [-0.05, 0) is 29.3 Å². The third-order valence-corrected chi connectivity index (χ3v) is 4.18. The largest absolute Gasteiger partial charge is 0.481 e. The summed E-state index contributed by atoms with van der Waals surface area (Å²) in [5.74, 6) is -2.38. The zero-order valence-corrected chi connectivity index (χ0v) is 14.3. The molecular formula is C21H17NO5. The summed E-state index contributed by atoms with van der Waals surface area (Å²) in [6.07, 6.45) is 4.01. The number of fused-ring (bicyclic) bond motifs is 1. The molecule has 27 heavy (non-hydrogen) atoms. The van der Waals surface area contributed by atoms with E-state index in [0.29, 0.717) is 22.4 Å². The van der Waals surface area contributed by atoms with Crippen LogP contribution in [-0.4, -0.2) is 34.6 Å². The number of hydrogen-bond acceptors (Lipinski definition) is 3. The van der Waals surface area contributed by atoms with Crippen molar-refractivity contribution in [1.82, 2.24) is 0 Å². The van der Waals surface area contributed by atoms with Crippen LogP contribution in [0.15, 0.2) is 54.6 Å². The van der Waals surface area contributed by atoms with Gasteiger partial charge in [0.05, 0.1) is 17.7 Å². The van der Waals surface area contributed by atoms with Crippen molar-refractivity contribution in [3.8, 4) is 0 Å². The normalized spacial score (nSPS) is 14.7. The number of carboxylic acids is 2. The van der Waals surface area contributed by atoms with E-state index >= 15 is 0 Å². The summed E-state index contributed by atoms with van der Waals surface area (Å²) in [6.45, 7) is 0.0411. The van der Waals surface area contributed by atoms with Gasteiger partial charge in [0.1, 0.15) is 0 Å². The summed E-state index contributed by atoms with van der Waals surface area (Å²) in [4.78, 5) is 36.3. The summed E-state index contributed by atoms with van der Waals surface area (Å²) in [7, 11) is 0. The molecule has 1 aliphatic heterocycles. The summed E-state index contributed by atoms with van der Waals surface area (Å²) >= 11 is 0. The van der Waals surface area contributed by atoms with E-state index in [2.05, 4.69) is 0 Å². The minimum absolute atomic E-state index is 0.0411. The molecule has 0 atom stereocenters. The minimum Gasteiger partial charge on any atom is -0.481 e. The number of amides is 1. The number of benzene rings is 2. The maximum atomic E-state index is 13.0. The molecule has 0 aliphatic carbocycles. The quantitative estimate of drug-likeness (QED) is 0.769. The van der Waals surface area contributed by atoms with Crippen LogP contribution >= 0.6 is 0 Å². The molecule has 0 unspecified atom stereocenters. The Morgan fingerprint density at radius 2 is 1.74 bits per heavy atom. The zero-order valence-electron chi connectivity index (χ0n) is 14.3. The van der Waals surface area contributed by atoms with Gasteiger partial charge >= 0.3 is 11.9 Å². The van der Waals surface area contributed by atoms with Gasteiger partial charge in [-0.3, -0.25) is 9.59 Å². The van der Waals surface area contributed by atoms with Gasteiger partial charge in [-0.2, -0.15) is 0 Å². The molecule has 2 N–H and O–H groups in total. The predicted octanol–water partition coefficient (Wildman–Crippen LogP) is 3.15. The molecule has 2 aromatic carbocycles. The number of aliphatic carboxylic acids is 2. The fourth-order valence-corrected chi connectivity index (χ4v) is 3.02. The monoisotopic (exact) mass is 363 g/mol. The van der Waals surface area contributed by atoms with Gasteiger partial charge in [0.15, 0.2) is 0 Å². The first-order valence-electron chi connectivity index (χ1n) is 8.32. The number of carbonyl (C=O) groups excluding carboxylic acids is 1. The topological polar surface area (TPSA) is 94.9 Å². The van der Waals surface area contributed by atoms with Gasteiger partial charge < -0.3 is 15.1 Å². The maximum Gasteiger partial charge on any atom is 0.328 e. The SMILES string of the molecule is O=C(O)/C=C/c1cccc2c1/C(=C/c1ccccc1)C(=O)N2CCC(=O)O. The fraction of sp³-hybridized carbons (Fsp3) is 0.0952. The van der Waals surface area contributed by atoms with Crippen molar-refractivity contribution in [2.45, 2.75) is 6.42 Å². The molecule has 136 valence electrons. The Bertz CT molecular complexity index is 960. The first-order valence-corrected chi connectivity index (χ1v) is 8.32. The first kappa shape index (κ1) is 18.1. The van der Waals surface area contributed by atoms with E-state index in [1.165, 1.54) is 11.0 Å². The molecule has 0 saturated carbocycles. The second-order valence-electron chi connectivity index (χ2n) is 5.98. The van der Waals surface area contributed by atoms with Crippen molar-refractivity contribution < 1.29 is 24.6 Å². The van der Waals surface area contributed by atoms with E-state index in [1.54, 1.807) is 24.3 Å². The zero-order chi connectivity index (χ0) is 19.4. The Morgan fingerprint density at radius 1 is 1.00 bits per heavy atom. The average molecular weight is 363 g/mol. The fourth-order valence-electron chi connectivity index (χ4n) is 3.02. The Morgan fingerprint density at radius 3 is 2.41 bits per heavy atom. The smallest absolute Gasteiger partial charge is 0.328 e. The van der Waals surface area contributed by atoms with E-state index in [0.717, 1.165) is 11.6 Å². The van der Waals surface area contributed by atoms with E-state index < -0.39 is 11.9 Å². The van der Waals surface area contributed by atoms with E-state index in [9.17, 15) is 14.4 Å². The van der Waals surface area contributed by atoms with Gasteiger partial charge in [-0.15, -0.1) is 0 Å². The molecule has 1 aliphatic rings. The van der Waals surface area contributed by atoms with Gasteiger partial charge in [-0.1, -0.05) is 42.5 Å². The summed E-state index contributed by atoms with van der Waals surface area (Å²) in [6, 6.07) is 14.5. The van der Waals surface area contributed by atoms with Crippen molar-refractivity contribution in [3.63, 3.8) is 0 Å². The highest BCUT2D eigenvalue weighted by Gasteiger charge is 2.33. The van der Waals surface area contributed by atoms with Crippen LogP contribution < -0.4 is 4.90 Å². The highest BCUT2D eigenvalue weighted by Crippen LogP contribution is 2.40. The number of rotatable bonds is 6. The lowest BCUT2D eigenvalue weighted by Gasteiger charge is -2.15. The van der Waals surface area contributed by atoms with Gasteiger partial charge in [-0.25, -0.2) is 4.79 Å². The number of carboxylic acid groups (broad SMARTS) is 2. The molecule has 6 nitrogen and oxygen atoms in total. The number of hydrogen-bond donors (Lipinski definition) is 2. The highest BCUT2D eigenvalue weighted by molar-refractivity contribution is 6.36.